The number of pyridine rings is 1. The second-order valence-electron chi connectivity index (χ2n) is 7.42. The van der Waals surface area contributed by atoms with Crippen molar-refractivity contribution in [3.8, 4) is 28.5 Å². The first kappa shape index (κ1) is 19.8. The van der Waals surface area contributed by atoms with Crippen molar-refractivity contribution in [2.24, 2.45) is 4.99 Å². The van der Waals surface area contributed by atoms with Crippen LogP contribution in [0.1, 0.15) is 11.1 Å². The fourth-order valence-corrected chi connectivity index (χ4v) is 4.71. The molecule has 32 heavy (non-hydrogen) atoms. The van der Waals surface area contributed by atoms with Gasteiger partial charge in [-0.05, 0) is 46.8 Å². The molecule has 2 aromatic heterocycles. The van der Waals surface area contributed by atoms with E-state index < -0.39 is 0 Å². The van der Waals surface area contributed by atoms with Crippen molar-refractivity contribution in [1.82, 2.24) is 4.98 Å². The van der Waals surface area contributed by atoms with Crippen molar-refractivity contribution in [2.75, 3.05) is 0 Å². The number of thiophene rings is 1. The molecule has 0 fully saturated rings. The largest absolute Gasteiger partial charge is 0.504 e. The van der Waals surface area contributed by atoms with E-state index in [9.17, 15) is 20.1 Å². The fraction of sp³-hybridized carbons (Fsp3) is 0.0400. The first-order chi connectivity index (χ1) is 15.5. The van der Waals surface area contributed by atoms with Gasteiger partial charge >= 0.3 is 0 Å². The summed E-state index contributed by atoms with van der Waals surface area (Å²) in [4.78, 5) is 19.3. The number of aromatic nitrogens is 1. The Morgan fingerprint density at radius 1 is 0.906 bits per heavy atom. The summed E-state index contributed by atoms with van der Waals surface area (Å²) in [6.07, 6.45) is 1.51. The van der Waals surface area contributed by atoms with E-state index in [0.29, 0.717) is 21.9 Å². The van der Waals surface area contributed by atoms with E-state index in [1.54, 1.807) is 23.5 Å². The highest BCUT2D eigenvalue weighted by Gasteiger charge is 2.13. The molecule has 5 aromatic rings. The summed E-state index contributed by atoms with van der Waals surface area (Å²) in [5.41, 5.74) is 2.73. The van der Waals surface area contributed by atoms with Crippen molar-refractivity contribution in [3.05, 3.63) is 87.5 Å². The number of nitrogens with zero attached hydrogens (tertiary/aromatic N) is 1. The van der Waals surface area contributed by atoms with Gasteiger partial charge in [0.05, 0.1) is 12.1 Å². The Hall–Kier alpha value is -4.10. The van der Waals surface area contributed by atoms with Crippen LogP contribution in [0.2, 0.25) is 0 Å². The molecule has 6 nitrogen and oxygen atoms in total. The summed E-state index contributed by atoms with van der Waals surface area (Å²) < 4.78 is 1.18. The van der Waals surface area contributed by atoms with Crippen LogP contribution in [0.25, 0.3) is 32.0 Å². The maximum absolute atomic E-state index is 12.4. The van der Waals surface area contributed by atoms with Gasteiger partial charge in [0.15, 0.2) is 11.5 Å². The smallest absolute Gasteiger partial charge is 0.258 e. The number of aromatic amines is 1. The van der Waals surface area contributed by atoms with Crippen LogP contribution in [0.4, 0.5) is 0 Å². The van der Waals surface area contributed by atoms with Gasteiger partial charge in [0.25, 0.3) is 5.56 Å². The molecule has 0 saturated heterocycles. The molecule has 0 amide bonds. The Balaban J connectivity index is 1.59. The second kappa shape index (κ2) is 7.86. The van der Waals surface area contributed by atoms with Crippen molar-refractivity contribution in [1.29, 1.82) is 0 Å². The highest BCUT2D eigenvalue weighted by molar-refractivity contribution is 7.17. The summed E-state index contributed by atoms with van der Waals surface area (Å²) in [6.45, 7) is 0.225. The van der Waals surface area contributed by atoms with Crippen LogP contribution in [0, 0.1) is 0 Å². The van der Waals surface area contributed by atoms with Crippen molar-refractivity contribution in [2.45, 2.75) is 6.54 Å². The van der Waals surface area contributed by atoms with Crippen molar-refractivity contribution < 1.29 is 15.3 Å². The van der Waals surface area contributed by atoms with Gasteiger partial charge in [-0.15, -0.1) is 11.3 Å². The molecule has 0 saturated carbocycles. The van der Waals surface area contributed by atoms with Gasteiger partial charge in [0, 0.05) is 32.6 Å². The van der Waals surface area contributed by atoms with Crippen molar-refractivity contribution in [3.63, 3.8) is 0 Å². The number of nitrogens with one attached hydrogen (secondary N) is 1. The Morgan fingerprint density at radius 3 is 2.59 bits per heavy atom. The Morgan fingerprint density at radius 2 is 1.75 bits per heavy atom. The molecule has 4 N–H and O–H groups in total. The normalized spacial score (nSPS) is 11.6. The van der Waals surface area contributed by atoms with Gasteiger partial charge < -0.3 is 15.3 Å². The summed E-state index contributed by atoms with van der Waals surface area (Å²) in [6, 6.07) is 18.2. The van der Waals surface area contributed by atoms with E-state index in [-0.39, 0.29) is 29.5 Å². The molecule has 7 heteroatoms. The molecule has 0 aliphatic rings. The molecule has 0 spiro atoms. The molecule has 0 radical (unpaired) electrons. The lowest BCUT2D eigenvalue weighted by molar-refractivity contribution is 0.403. The molecule has 5 rings (SSSR count). The van der Waals surface area contributed by atoms with E-state index in [2.05, 4.69) is 27.5 Å². The lowest BCUT2D eigenvalue weighted by Crippen LogP contribution is -2.08. The number of rotatable bonds is 4. The predicted octanol–water partition coefficient (Wildman–Crippen LogP) is 5.15. The average molecular weight is 442 g/mol. The minimum absolute atomic E-state index is 0.199. The zero-order valence-electron chi connectivity index (χ0n) is 16.7. The van der Waals surface area contributed by atoms with E-state index in [4.69, 9.17) is 0 Å². The monoisotopic (exact) mass is 442 g/mol. The third-order valence-corrected chi connectivity index (χ3v) is 6.33. The summed E-state index contributed by atoms with van der Waals surface area (Å²) in [7, 11) is 0. The Kier molecular flexibility index (Phi) is 4.88. The molecular weight excluding hydrogens is 424 g/mol. The molecule has 0 aliphatic heterocycles. The molecular formula is C25H18N2O4S. The van der Waals surface area contributed by atoms with Crippen LogP contribution in [0.3, 0.4) is 0 Å². The van der Waals surface area contributed by atoms with E-state index >= 15 is 0 Å². The quantitative estimate of drug-likeness (QED) is 0.228. The highest BCUT2D eigenvalue weighted by Crippen LogP contribution is 2.35. The zero-order chi connectivity index (χ0) is 22.2. The number of H-pyrrole nitrogens is 1. The van der Waals surface area contributed by atoms with Crippen LogP contribution < -0.4 is 5.56 Å². The van der Waals surface area contributed by atoms with E-state index in [0.717, 1.165) is 16.5 Å². The fourth-order valence-electron chi connectivity index (χ4n) is 3.74. The SMILES string of the molecule is O=c1[nH]c(O)c(C=NCc2ccc(O)c(O)c2)c2cc(-c3csc4ccccc34)ccc12. The average Bonchev–Trinajstić information content (AvgIpc) is 3.22. The number of phenols is 2. The van der Waals surface area contributed by atoms with Gasteiger partial charge in [-0.2, -0.15) is 0 Å². The van der Waals surface area contributed by atoms with Crippen LogP contribution in [0.15, 0.2) is 75.8 Å². The van der Waals surface area contributed by atoms with E-state index in [1.165, 1.54) is 23.0 Å². The lowest BCUT2D eigenvalue weighted by Gasteiger charge is -2.08. The first-order valence-corrected chi connectivity index (χ1v) is 10.8. The van der Waals surface area contributed by atoms with Crippen LogP contribution in [-0.2, 0) is 6.54 Å². The number of aliphatic imine (C=N–C) groups is 1. The van der Waals surface area contributed by atoms with Crippen molar-refractivity contribution >= 4 is 38.4 Å². The van der Waals surface area contributed by atoms with Gasteiger partial charge in [-0.25, -0.2) is 0 Å². The molecule has 0 unspecified atom stereocenters. The molecule has 0 aliphatic carbocycles. The number of phenolic OH excluding ortho intramolecular Hbond substituents is 2. The third kappa shape index (κ3) is 3.48. The topological polar surface area (TPSA) is 106 Å². The van der Waals surface area contributed by atoms with Gasteiger partial charge in [-0.3, -0.25) is 14.8 Å². The number of hydrogen-bond donors (Lipinski definition) is 4. The first-order valence-electron chi connectivity index (χ1n) is 9.87. The number of hydrogen-bond acceptors (Lipinski definition) is 6. The minimum Gasteiger partial charge on any atom is -0.504 e. The maximum atomic E-state index is 12.4. The second-order valence-corrected chi connectivity index (χ2v) is 8.33. The van der Waals surface area contributed by atoms with Crippen LogP contribution in [-0.4, -0.2) is 26.5 Å². The Labute approximate surface area is 186 Å². The Bertz CT molecular complexity index is 1570. The molecule has 3 aromatic carbocycles. The van der Waals surface area contributed by atoms with E-state index in [1.807, 2.05) is 24.3 Å². The van der Waals surface area contributed by atoms with Crippen LogP contribution in [0.5, 0.6) is 17.4 Å². The number of fused-ring (bicyclic) bond motifs is 2. The lowest BCUT2D eigenvalue weighted by atomic mass is 9.99. The van der Waals surface area contributed by atoms with Gasteiger partial charge in [0.1, 0.15) is 0 Å². The van der Waals surface area contributed by atoms with Gasteiger partial charge in [-0.1, -0.05) is 30.3 Å². The number of benzene rings is 3. The molecule has 0 bridgehead atoms. The minimum atomic E-state index is -0.375. The summed E-state index contributed by atoms with van der Waals surface area (Å²) >= 11 is 1.66. The third-order valence-electron chi connectivity index (χ3n) is 5.37. The predicted molar refractivity (Wildman–Crippen MR) is 128 cm³/mol. The summed E-state index contributed by atoms with van der Waals surface area (Å²) in [5.74, 6) is -0.676. The molecule has 2 heterocycles. The maximum Gasteiger partial charge on any atom is 0.258 e. The molecule has 0 atom stereocenters. The van der Waals surface area contributed by atoms with Gasteiger partial charge in [0.2, 0.25) is 5.88 Å². The molecule has 158 valence electrons. The summed E-state index contributed by atoms with van der Waals surface area (Å²) in [5, 5.41) is 33.8. The number of aromatic hydroxyl groups is 3. The van der Waals surface area contributed by atoms with Crippen LogP contribution >= 0.6 is 11.3 Å². The standard InChI is InChI=1S/C25H18N2O4S/c28-21-8-5-14(9-22(21)29)11-26-12-19-18-10-15(6-7-17(18)24(30)27-25(19)31)20-13-32-23-4-2-1-3-16(20)23/h1-10,12-13,28-29H,11H2,(H2,27,30,31). The highest BCUT2D eigenvalue weighted by atomic mass is 32.1. The zero-order valence-corrected chi connectivity index (χ0v) is 17.6.